The summed E-state index contributed by atoms with van der Waals surface area (Å²) in [7, 11) is 0. The number of hydrogen-bond donors (Lipinski definition) is 3. The minimum atomic E-state index is -1.43. The van der Waals surface area contributed by atoms with Gasteiger partial charge in [-0.3, -0.25) is 4.79 Å². The molecule has 1 unspecified atom stereocenters. The molecule has 1 saturated heterocycles. The Morgan fingerprint density at radius 2 is 1.79 bits per heavy atom. The smallest absolute Gasteiger partial charge is 0.305 e. The molecule has 0 amide bonds. The third-order valence-electron chi connectivity index (χ3n) is 2.09. The van der Waals surface area contributed by atoms with Gasteiger partial charge in [0, 0.05) is 6.92 Å². The number of rotatable bonds is 1. The molecule has 0 aromatic rings. The highest BCUT2D eigenvalue weighted by Crippen LogP contribution is 2.21. The Morgan fingerprint density at radius 3 is 2.29 bits per heavy atom. The molecular formula is C8H14O6. The van der Waals surface area contributed by atoms with Gasteiger partial charge < -0.3 is 24.8 Å². The zero-order valence-electron chi connectivity index (χ0n) is 7.95. The van der Waals surface area contributed by atoms with Crippen molar-refractivity contribution in [2.45, 2.75) is 44.6 Å². The molecule has 1 rings (SSSR count). The monoisotopic (exact) mass is 206 g/mol. The Labute approximate surface area is 81.1 Å². The molecule has 1 aliphatic rings. The van der Waals surface area contributed by atoms with Gasteiger partial charge in [-0.2, -0.15) is 0 Å². The molecule has 0 radical (unpaired) electrons. The van der Waals surface area contributed by atoms with Crippen LogP contribution in [0, 0.1) is 0 Å². The summed E-state index contributed by atoms with van der Waals surface area (Å²) >= 11 is 0. The van der Waals surface area contributed by atoms with Crippen LogP contribution in [-0.2, 0) is 14.3 Å². The fourth-order valence-electron chi connectivity index (χ4n) is 1.27. The molecule has 6 nitrogen and oxygen atoms in total. The van der Waals surface area contributed by atoms with Crippen molar-refractivity contribution in [3.63, 3.8) is 0 Å². The second-order valence-electron chi connectivity index (χ2n) is 3.29. The maximum absolute atomic E-state index is 10.6. The van der Waals surface area contributed by atoms with Gasteiger partial charge in [0.15, 0.2) is 0 Å². The number of hydrogen-bond acceptors (Lipinski definition) is 6. The van der Waals surface area contributed by atoms with Crippen molar-refractivity contribution in [3.8, 4) is 0 Å². The molecule has 82 valence electrons. The van der Waals surface area contributed by atoms with Crippen LogP contribution in [0.1, 0.15) is 13.8 Å². The standard InChI is InChI=1S/C8H14O6/c1-3-5(10)6(11)7(12)8(13-3)14-4(2)9/h3,5-8,10-12H,1-2H3/t3-,5+,6+,7-,8?/m0/s1. The Kier molecular flexibility index (Phi) is 3.43. The van der Waals surface area contributed by atoms with Gasteiger partial charge in [-0.1, -0.05) is 0 Å². The van der Waals surface area contributed by atoms with Gasteiger partial charge in [-0.05, 0) is 6.92 Å². The maximum Gasteiger partial charge on any atom is 0.305 e. The molecule has 6 heteroatoms. The molecule has 0 bridgehead atoms. The summed E-state index contributed by atoms with van der Waals surface area (Å²) in [5.74, 6) is -0.621. The highest BCUT2D eigenvalue weighted by atomic mass is 16.7. The lowest BCUT2D eigenvalue weighted by Gasteiger charge is -2.38. The van der Waals surface area contributed by atoms with Crippen molar-refractivity contribution in [1.82, 2.24) is 0 Å². The van der Waals surface area contributed by atoms with Gasteiger partial charge >= 0.3 is 5.97 Å². The number of esters is 1. The van der Waals surface area contributed by atoms with E-state index in [1.54, 1.807) is 0 Å². The molecule has 0 aromatic heterocycles. The topological polar surface area (TPSA) is 96.2 Å². The molecule has 0 saturated carbocycles. The molecular weight excluding hydrogens is 192 g/mol. The first-order valence-electron chi connectivity index (χ1n) is 4.30. The van der Waals surface area contributed by atoms with E-state index in [0.29, 0.717) is 0 Å². The summed E-state index contributed by atoms with van der Waals surface area (Å²) in [6.45, 7) is 2.68. The predicted molar refractivity (Wildman–Crippen MR) is 44.1 cm³/mol. The molecule has 1 fully saturated rings. The van der Waals surface area contributed by atoms with Crippen LogP contribution in [0.15, 0.2) is 0 Å². The average molecular weight is 206 g/mol. The zero-order valence-corrected chi connectivity index (χ0v) is 7.95. The number of aliphatic hydroxyl groups excluding tert-OH is 3. The molecule has 0 aromatic carbocycles. The maximum atomic E-state index is 10.6. The van der Waals surface area contributed by atoms with Crippen molar-refractivity contribution < 1.29 is 29.6 Å². The second kappa shape index (κ2) is 4.22. The number of carbonyl (C=O) groups is 1. The van der Waals surface area contributed by atoms with E-state index in [-0.39, 0.29) is 0 Å². The first-order valence-corrected chi connectivity index (χ1v) is 4.30. The lowest BCUT2D eigenvalue weighted by atomic mass is 10.0. The third kappa shape index (κ3) is 2.21. The van der Waals surface area contributed by atoms with Crippen LogP contribution in [0.25, 0.3) is 0 Å². The van der Waals surface area contributed by atoms with E-state index < -0.39 is 36.7 Å². The normalized spacial score (nSPS) is 43.4. The predicted octanol–water partition coefficient (Wildman–Crippen LogP) is -1.62. The second-order valence-corrected chi connectivity index (χ2v) is 3.29. The number of ether oxygens (including phenoxy) is 2. The van der Waals surface area contributed by atoms with Crippen LogP contribution in [0.3, 0.4) is 0 Å². The average Bonchev–Trinajstić information content (AvgIpc) is 2.10. The van der Waals surface area contributed by atoms with E-state index in [1.165, 1.54) is 6.92 Å². The first kappa shape index (κ1) is 11.4. The Morgan fingerprint density at radius 1 is 1.21 bits per heavy atom. The van der Waals surface area contributed by atoms with Gasteiger partial charge in [0.2, 0.25) is 6.29 Å². The SMILES string of the molecule is CC(=O)OC1O[C@@H](C)[C@@H](O)[C@@H](O)[C@@H]1O. The van der Waals surface area contributed by atoms with Gasteiger partial charge in [0.1, 0.15) is 18.3 Å². The molecule has 14 heavy (non-hydrogen) atoms. The van der Waals surface area contributed by atoms with Crippen molar-refractivity contribution in [2.75, 3.05) is 0 Å². The summed E-state index contributed by atoms with van der Waals surface area (Å²) in [5, 5.41) is 28.0. The lowest BCUT2D eigenvalue weighted by molar-refractivity contribution is -0.284. The number of aliphatic hydroxyl groups is 3. The van der Waals surface area contributed by atoms with Gasteiger partial charge in [0.05, 0.1) is 6.10 Å². The lowest BCUT2D eigenvalue weighted by Crippen LogP contribution is -2.57. The minimum absolute atomic E-state index is 0.621. The number of carbonyl (C=O) groups excluding carboxylic acids is 1. The Bertz CT molecular complexity index is 218. The largest absolute Gasteiger partial charge is 0.433 e. The van der Waals surface area contributed by atoms with Crippen LogP contribution in [-0.4, -0.2) is 52.0 Å². The van der Waals surface area contributed by atoms with Crippen LogP contribution < -0.4 is 0 Å². The molecule has 0 aliphatic carbocycles. The van der Waals surface area contributed by atoms with Crippen molar-refractivity contribution in [1.29, 1.82) is 0 Å². The van der Waals surface area contributed by atoms with E-state index in [1.807, 2.05) is 0 Å². The quantitative estimate of drug-likeness (QED) is 0.446. The fraction of sp³-hybridized carbons (Fsp3) is 0.875. The van der Waals surface area contributed by atoms with E-state index in [9.17, 15) is 20.1 Å². The minimum Gasteiger partial charge on any atom is -0.433 e. The van der Waals surface area contributed by atoms with Gasteiger partial charge in [-0.25, -0.2) is 0 Å². The van der Waals surface area contributed by atoms with E-state index >= 15 is 0 Å². The van der Waals surface area contributed by atoms with Crippen LogP contribution in [0.2, 0.25) is 0 Å². The molecule has 0 spiro atoms. The highest BCUT2D eigenvalue weighted by molar-refractivity contribution is 5.66. The van der Waals surface area contributed by atoms with E-state index in [2.05, 4.69) is 4.74 Å². The summed E-state index contributed by atoms with van der Waals surface area (Å²) in [6.07, 6.45) is -5.90. The fourth-order valence-corrected chi connectivity index (χ4v) is 1.27. The zero-order chi connectivity index (χ0) is 10.9. The molecule has 1 aliphatic heterocycles. The summed E-state index contributed by atoms with van der Waals surface area (Å²) in [5.41, 5.74) is 0. The van der Waals surface area contributed by atoms with Crippen LogP contribution >= 0.6 is 0 Å². The Hall–Kier alpha value is -0.690. The summed E-state index contributed by atoms with van der Waals surface area (Å²) in [4.78, 5) is 10.6. The summed E-state index contributed by atoms with van der Waals surface area (Å²) < 4.78 is 9.60. The first-order chi connectivity index (χ1) is 6.43. The summed E-state index contributed by atoms with van der Waals surface area (Å²) in [6, 6.07) is 0. The van der Waals surface area contributed by atoms with E-state index in [0.717, 1.165) is 6.92 Å². The highest BCUT2D eigenvalue weighted by Gasteiger charge is 2.43. The van der Waals surface area contributed by atoms with E-state index in [4.69, 9.17) is 4.74 Å². The van der Waals surface area contributed by atoms with Crippen molar-refractivity contribution in [3.05, 3.63) is 0 Å². The van der Waals surface area contributed by atoms with Crippen LogP contribution in [0.5, 0.6) is 0 Å². The van der Waals surface area contributed by atoms with Gasteiger partial charge in [0.25, 0.3) is 0 Å². The molecule has 1 heterocycles. The van der Waals surface area contributed by atoms with Crippen molar-refractivity contribution in [2.24, 2.45) is 0 Å². The molecule has 5 atom stereocenters. The third-order valence-corrected chi connectivity index (χ3v) is 2.09. The molecule has 3 N–H and O–H groups in total. The Balaban J connectivity index is 2.65. The van der Waals surface area contributed by atoms with Gasteiger partial charge in [-0.15, -0.1) is 0 Å². The van der Waals surface area contributed by atoms with Crippen LogP contribution in [0.4, 0.5) is 0 Å². The van der Waals surface area contributed by atoms with Crippen molar-refractivity contribution >= 4 is 5.97 Å².